The summed E-state index contributed by atoms with van der Waals surface area (Å²) in [4.78, 5) is 6.90. The second-order valence-electron chi connectivity index (χ2n) is 5.81. The Bertz CT molecular complexity index is 610. The quantitative estimate of drug-likeness (QED) is 0.794. The normalized spacial score (nSPS) is 14.6. The summed E-state index contributed by atoms with van der Waals surface area (Å²) in [5.74, 6) is 1.78. The molecule has 3 rings (SSSR count). The number of aromatic nitrogens is 1. The van der Waals surface area contributed by atoms with E-state index in [9.17, 15) is 0 Å². The predicted octanol–water partition coefficient (Wildman–Crippen LogP) is 2.56. The maximum absolute atomic E-state index is 5.88. The van der Waals surface area contributed by atoms with Gasteiger partial charge in [0.2, 0.25) is 0 Å². The summed E-state index contributed by atoms with van der Waals surface area (Å²) in [6, 6.07) is 10.3. The first-order chi connectivity index (χ1) is 10.3. The number of fused-ring (bicyclic) bond motifs is 1. The molecule has 0 unspecified atom stereocenters. The summed E-state index contributed by atoms with van der Waals surface area (Å²) in [5.41, 5.74) is 7.98. The van der Waals surface area contributed by atoms with Crippen LogP contribution >= 0.6 is 0 Å². The molecule has 0 atom stereocenters. The van der Waals surface area contributed by atoms with E-state index in [0.717, 1.165) is 48.0 Å². The molecule has 4 heteroatoms. The van der Waals surface area contributed by atoms with Gasteiger partial charge in [0, 0.05) is 37.7 Å². The van der Waals surface area contributed by atoms with E-state index < -0.39 is 0 Å². The van der Waals surface area contributed by atoms with E-state index in [1.165, 1.54) is 12.8 Å². The molecule has 0 amide bonds. The number of ether oxygens (including phenoxy) is 1. The van der Waals surface area contributed by atoms with E-state index in [-0.39, 0.29) is 0 Å². The number of hydrogen-bond donors (Lipinski definition) is 1. The Balaban J connectivity index is 1.70. The molecule has 1 fully saturated rings. The van der Waals surface area contributed by atoms with Crippen LogP contribution in [0.2, 0.25) is 0 Å². The molecule has 21 heavy (non-hydrogen) atoms. The maximum Gasteiger partial charge on any atom is 0.133 e. The van der Waals surface area contributed by atoms with E-state index in [2.05, 4.69) is 24.1 Å². The molecule has 1 aromatic heterocycles. The Hall–Kier alpha value is -1.65. The fourth-order valence-electron chi connectivity index (χ4n) is 2.47. The van der Waals surface area contributed by atoms with Gasteiger partial charge in [-0.15, -0.1) is 0 Å². The molecule has 1 aliphatic carbocycles. The molecule has 0 saturated heterocycles. The molecule has 1 heterocycles. The van der Waals surface area contributed by atoms with E-state index in [1.54, 1.807) is 0 Å². The molecule has 0 spiro atoms. The van der Waals surface area contributed by atoms with Crippen molar-refractivity contribution in [2.75, 3.05) is 31.7 Å². The molecule has 1 aliphatic rings. The molecule has 0 radical (unpaired) electrons. The van der Waals surface area contributed by atoms with Gasteiger partial charge in [-0.25, -0.2) is 4.98 Å². The smallest absolute Gasteiger partial charge is 0.133 e. The van der Waals surface area contributed by atoms with E-state index in [4.69, 9.17) is 15.5 Å². The molecule has 112 valence electrons. The standard InChI is InChI=1S/C17H23N3O/c1-20(8-9-21-12-13-6-7-13)17-15(11-18)10-14-4-2-3-5-16(14)19-17/h2-5,10,13H,6-9,11-12,18H2,1H3. The monoisotopic (exact) mass is 285 g/mol. The van der Waals surface area contributed by atoms with Gasteiger partial charge in [-0.05, 0) is 30.9 Å². The number of anilines is 1. The van der Waals surface area contributed by atoms with Crippen LogP contribution in [0.15, 0.2) is 30.3 Å². The summed E-state index contributed by atoms with van der Waals surface area (Å²) in [7, 11) is 2.05. The molecule has 0 aliphatic heterocycles. The van der Waals surface area contributed by atoms with Crippen LogP contribution in [0.3, 0.4) is 0 Å². The second kappa shape index (κ2) is 6.41. The topological polar surface area (TPSA) is 51.4 Å². The Morgan fingerprint density at radius 2 is 2.14 bits per heavy atom. The third kappa shape index (κ3) is 3.52. The largest absolute Gasteiger partial charge is 0.379 e. The number of benzene rings is 1. The minimum absolute atomic E-state index is 0.500. The summed E-state index contributed by atoms with van der Waals surface area (Å²) >= 11 is 0. The third-order valence-electron chi connectivity index (χ3n) is 3.98. The molecular formula is C17H23N3O. The molecular weight excluding hydrogens is 262 g/mol. The van der Waals surface area contributed by atoms with Crippen molar-refractivity contribution in [3.63, 3.8) is 0 Å². The van der Waals surface area contributed by atoms with Crippen LogP contribution in [0.1, 0.15) is 18.4 Å². The molecule has 2 aromatic rings. The van der Waals surface area contributed by atoms with E-state index in [0.29, 0.717) is 6.54 Å². The van der Waals surface area contributed by atoms with Gasteiger partial charge in [-0.1, -0.05) is 18.2 Å². The lowest BCUT2D eigenvalue weighted by Crippen LogP contribution is -2.25. The van der Waals surface area contributed by atoms with Gasteiger partial charge in [0.1, 0.15) is 5.82 Å². The van der Waals surface area contributed by atoms with Gasteiger partial charge in [0.05, 0.1) is 12.1 Å². The average Bonchev–Trinajstić information content (AvgIpc) is 3.34. The summed E-state index contributed by atoms with van der Waals surface area (Å²) in [5, 5.41) is 1.14. The van der Waals surface area contributed by atoms with Gasteiger partial charge in [0.15, 0.2) is 0 Å². The average molecular weight is 285 g/mol. The van der Waals surface area contributed by atoms with Gasteiger partial charge in [-0.2, -0.15) is 0 Å². The number of nitrogens with two attached hydrogens (primary N) is 1. The first-order valence-electron chi connectivity index (χ1n) is 7.65. The molecule has 4 nitrogen and oxygen atoms in total. The fourth-order valence-corrected chi connectivity index (χ4v) is 2.47. The molecule has 2 N–H and O–H groups in total. The van der Waals surface area contributed by atoms with Gasteiger partial charge >= 0.3 is 0 Å². The third-order valence-corrected chi connectivity index (χ3v) is 3.98. The summed E-state index contributed by atoms with van der Waals surface area (Å²) in [6.07, 6.45) is 2.67. The van der Waals surface area contributed by atoms with Crippen molar-refractivity contribution in [2.45, 2.75) is 19.4 Å². The maximum atomic E-state index is 5.88. The highest BCUT2D eigenvalue weighted by molar-refractivity contribution is 5.81. The van der Waals surface area contributed by atoms with Gasteiger partial charge < -0.3 is 15.4 Å². The number of hydrogen-bond acceptors (Lipinski definition) is 4. The van der Waals surface area contributed by atoms with Gasteiger partial charge in [-0.3, -0.25) is 0 Å². The molecule has 1 saturated carbocycles. The van der Waals surface area contributed by atoms with Crippen LogP contribution in [0.4, 0.5) is 5.82 Å². The Morgan fingerprint density at radius 3 is 2.90 bits per heavy atom. The van der Waals surface area contributed by atoms with Crippen LogP contribution in [-0.2, 0) is 11.3 Å². The Morgan fingerprint density at radius 1 is 1.33 bits per heavy atom. The first-order valence-corrected chi connectivity index (χ1v) is 7.65. The van der Waals surface area contributed by atoms with Gasteiger partial charge in [0.25, 0.3) is 0 Å². The summed E-state index contributed by atoms with van der Waals surface area (Å²) in [6.45, 7) is 2.99. The highest BCUT2D eigenvalue weighted by Gasteiger charge is 2.21. The summed E-state index contributed by atoms with van der Waals surface area (Å²) < 4.78 is 5.71. The Kier molecular flexibility index (Phi) is 4.36. The minimum atomic E-state index is 0.500. The lowest BCUT2D eigenvalue weighted by molar-refractivity contribution is 0.131. The van der Waals surface area contributed by atoms with Crippen molar-refractivity contribution < 1.29 is 4.74 Å². The zero-order valence-corrected chi connectivity index (χ0v) is 12.6. The lowest BCUT2D eigenvalue weighted by Gasteiger charge is -2.21. The van der Waals surface area contributed by atoms with Crippen molar-refractivity contribution in [1.29, 1.82) is 0 Å². The second-order valence-corrected chi connectivity index (χ2v) is 5.81. The number of likely N-dealkylation sites (N-methyl/N-ethyl adjacent to an activating group) is 1. The number of pyridine rings is 1. The highest BCUT2D eigenvalue weighted by atomic mass is 16.5. The molecule has 0 bridgehead atoms. The SMILES string of the molecule is CN(CCOCC1CC1)c1nc2ccccc2cc1CN. The van der Waals surface area contributed by atoms with Crippen molar-refractivity contribution >= 4 is 16.7 Å². The lowest BCUT2D eigenvalue weighted by atomic mass is 10.1. The van der Waals surface area contributed by atoms with Crippen LogP contribution in [0, 0.1) is 5.92 Å². The van der Waals surface area contributed by atoms with Crippen LogP contribution in [0.5, 0.6) is 0 Å². The van der Waals surface area contributed by atoms with Crippen LogP contribution < -0.4 is 10.6 Å². The minimum Gasteiger partial charge on any atom is -0.379 e. The van der Waals surface area contributed by atoms with Crippen molar-refractivity contribution in [1.82, 2.24) is 4.98 Å². The van der Waals surface area contributed by atoms with Crippen molar-refractivity contribution in [3.05, 3.63) is 35.9 Å². The van der Waals surface area contributed by atoms with Crippen molar-refractivity contribution in [2.24, 2.45) is 11.7 Å². The van der Waals surface area contributed by atoms with Crippen LogP contribution in [-0.4, -0.2) is 31.8 Å². The Labute approximate surface area is 125 Å². The first kappa shape index (κ1) is 14.3. The van der Waals surface area contributed by atoms with Crippen LogP contribution in [0.25, 0.3) is 10.9 Å². The number of rotatable bonds is 7. The number of nitrogens with zero attached hydrogens (tertiary/aromatic N) is 2. The van der Waals surface area contributed by atoms with E-state index in [1.807, 2.05) is 18.2 Å². The molecule has 1 aromatic carbocycles. The predicted molar refractivity (Wildman–Crippen MR) is 86.4 cm³/mol. The number of para-hydroxylation sites is 1. The highest BCUT2D eigenvalue weighted by Crippen LogP contribution is 2.28. The zero-order chi connectivity index (χ0) is 14.7. The van der Waals surface area contributed by atoms with E-state index >= 15 is 0 Å². The van der Waals surface area contributed by atoms with Crippen molar-refractivity contribution in [3.8, 4) is 0 Å². The fraction of sp³-hybridized carbons (Fsp3) is 0.471. The zero-order valence-electron chi connectivity index (χ0n) is 12.6.